The zero-order valence-corrected chi connectivity index (χ0v) is 26.8. The van der Waals surface area contributed by atoms with Gasteiger partial charge < -0.3 is 29.7 Å². The minimum Gasteiger partial charge on any atom is -0.490 e. The van der Waals surface area contributed by atoms with E-state index in [1.54, 1.807) is 41.3 Å². The fourth-order valence-electron chi connectivity index (χ4n) is 4.95. The number of aliphatic hydroxyl groups is 1. The highest BCUT2D eigenvalue weighted by Gasteiger charge is 2.29. The van der Waals surface area contributed by atoms with Gasteiger partial charge in [0, 0.05) is 19.0 Å². The van der Waals surface area contributed by atoms with Gasteiger partial charge in [-0.05, 0) is 68.5 Å². The normalized spacial score (nSPS) is 15.0. The first-order valence-electron chi connectivity index (χ1n) is 15.3. The molecule has 5 rings (SSSR count). The molecule has 1 aliphatic heterocycles. The number of halogens is 1. The molecule has 1 heterocycles. The van der Waals surface area contributed by atoms with Gasteiger partial charge in [-0.1, -0.05) is 67.6 Å². The van der Waals surface area contributed by atoms with Crippen molar-refractivity contribution < 1.29 is 28.6 Å². The molecule has 4 aromatic rings. The van der Waals surface area contributed by atoms with Crippen molar-refractivity contribution in [3.63, 3.8) is 0 Å². The lowest BCUT2D eigenvalue weighted by Crippen LogP contribution is -2.45. The predicted octanol–water partition coefficient (Wildman–Crippen LogP) is 6.40. The Morgan fingerprint density at radius 1 is 1.00 bits per heavy atom. The smallest absolute Gasteiger partial charge is 0.258 e. The Bertz CT molecular complexity index is 1580. The Balaban J connectivity index is 0.000000230. The van der Waals surface area contributed by atoms with Crippen LogP contribution in [0.4, 0.5) is 10.1 Å². The van der Waals surface area contributed by atoms with Crippen LogP contribution in [-0.2, 0) is 17.8 Å². The number of hydrogen-bond donors (Lipinski definition) is 2. The first kappa shape index (κ1) is 34.1. The largest absolute Gasteiger partial charge is 0.490 e. The first-order valence-corrected chi connectivity index (χ1v) is 15.3. The maximum atomic E-state index is 13.4. The van der Waals surface area contributed by atoms with Crippen LogP contribution in [0.2, 0.25) is 0 Å². The molecule has 242 valence electrons. The standard InChI is InChI=1S/C22H26N2O4.C15H16FNO/c1-15-12-24(16(2)13-25)22(27)18-9-6-10-19(21(18)28-14-15)23-20(26)11-17-7-4-3-5-8-17;1-17(2)11-12-7-9-13(10-8-12)18-15-6-4-3-5-14(15)16/h3-10,15-16,25H,11-14H2,1-2H3,(H,23,26);3-10H,11H2,1-2H3/t15-,16+;/m1./s1. The summed E-state index contributed by atoms with van der Waals surface area (Å²) < 4.78 is 24.8. The van der Waals surface area contributed by atoms with Gasteiger partial charge in [-0.3, -0.25) is 9.59 Å². The summed E-state index contributed by atoms with van der Waals surface area (Å²) in [6, 6.07) is 28.4. The second kappa shape index (κ2) is 16.5. The number of carbonyl (C=O) groups excluding carboxylic acids is 2. The molecule has 4 aromatic carbocycles. The van der Waals surface area contributed by atoms with Crippen molar-refractivity contribution in [3.05, 3.63) is 120 Å². The van der Waals surface area contributed by atoms with Crippen LogP contribution in [0.15, 0.2) is 97.1 Å². The summed E-state index contributed by atoms with van der Waals surface area (Å²) in [4.78, 5) is 29.3. The van der Waals surface area contributed by atoms with Gasteiger partial charge in [0.15, 0.2) is 17.3 Å². The molecular formula is C37H42FN3O5. The van der Waals surface area contributed by atoms with Gasteiger partial charge in [0.25, 0.3) is 5.91 Å². The second-order valence-corrected chi connectivity index (χ2v) is 11.7. The summed E-state index contributed by atoms with van der Waals surface area (Å²) in [5, 5.41) is 12.4. The fourth-order valence-corrected chi connectivity index (χ4v) is 4.95. The summed E-state index contributed by atoms with van der Waals surface area (Å²) >= 11 is 0. The number of nitrogens with zero attached hydrogens (tertiary/aromatic N) is 2. The van der Waals surface area contributed by atoms with E-state index < -0.39 is 0 Å². The highest BCUT2D eigenvalue weighted by Crippen LogP contribution is 2.33. The van der Waals surface area contributed by atoms with Gasteiger partial charge in [-0.2, -0.15) is 0 Å². The Morgan fingerprint density at radius 2 is 1.70 bits per heavy atom. The summed E-state index contributed by atoms with van der Waals surface area (Å²) in [6.45, 7) is 5.50. The fraction of sp³-hybridized carbons (Fsp3) is 0.297. The van der Waals surface area contributed by atoms with Gasteiger partial charge >= 0.3 is 0 Å². The van der Waals surface area contributed by atoms with Crippen LogP contribution in [-0.4, -0.2) is 66.6 Å². The van der Waals surface area contributed by atoms with Crippen molar-refractivity contribution in [1.82, 2.24) is 9.80 Å². The highest BCUT2D eigenvalue weighted by molar-refractivity contribution is 6.01. The maximum Gasteiger partial charge on any atom is 0.258 e. The first-order chi connectivity index (χ1) is 22.1. The predicted molar refractivity (Wildman–Crippen MR) is 178 cm³/mol. The number of para-hydroxylation sites is 2. The summed E-state index contributed by atoms with van der Waals surface area (Å²) in [6.07, 6.45) is 0.239. The third kappa shape index (κ3) is 9.63. The molecule has 2 N–H and O–H groups in total. The van der Waals surface area contributed by atoms with E-state index in [-0.39, 0.29) is 48.4 Å². The van der Waals surface area contributed by atoms with E-state index in [9.17, 15) is 19.1 Å². The molecule has 9 heteroatoms. The van der Waals surface area contributed by atoms with Gasteiger partial charge in [-0.15, -0.1) is 0 Å². The van der Waals surface area contributed by atoms with E-state index in [1.807, 2.05) is 82.5 Å². The molecular weight excluding hydrogens is 585 g/mol. The minimum absolute atomic E-state index is 0.0965. The molecule has 0 radical (unpaired) electrons. The van der Waals surface area contributed by atoms with Crippen molar-refractivity contribution >= 4 is 17.5 Å². The lowest BCUT2D eigenvalue weighted by Gasteiger charge is -2.33. The number of carbonyl (C=O) groups is 2. The third-order valence-corrected chi connectivity index (χ3v) is 7.29. The molecule has 0 spiro atoms. The number of hydrogen-bond acceptors (Lipinski definition) is 6. The van der Waals surface area contributed by atoms with Crippen LogP contribution in [0, 0.1) is 11.7 Å². The average Bonchev–Trinajstić information content (AvgIpc) is 3.04. The quantitative estimate of drug-likeness (QED) is 0.223. The summed E-state index contributed by atoms with van der Waals surface area (Å²) in [7, 11) is 4.04. The Hall–Kier alpha value is -4.73. The number of anilines is 1. The number of fused-ring (bicyclic) bond motifs is 1. The number of nitrogens with one attached hydrogen (secondary N) is 1. The van der Waals surface area contributed by atoms with Crippen molar-refractivity contribution in [1.29, 1.82) is 0 Å². The number of aliphatic hydroxyl groups excluding tert-OH is 1. The molecule has 8 nitrogen and oxygen atoms in total. The maximum absolute atomic E-state index is 13.4. The molecule has 0 saturated heterocycles. The van der Waals surface area contributed by atoms with E-state index in [4.69, 9.17) is 9.47 Å². The SMILES string of the molecule is CN(C)Cc1ccc(Oc2ccccc2F)cc1.C[C@H]1COc2c(NC(=O)Cc3ccccc3)cccc2C(=O)N([C@@H](C)CO)C1. The summed E-state index contributed by atoms with van der Waals surface area (Å²) in [5.74, 6) is 0.638. The Morgan fingerprint density at radius 3 is 2.37 bits per heavy atom. The zero-order valence-electron chi connectivity index (χ0n) is 26.8. The van der Waals surface area contributed by atoms with Gasteiger partial charge in [0.2, 0.25) is 5.91 Å². The zero-order chi connectivity index (χ0) is 33.1. The number of rotatable bonds is 9. The molecule has 0 unspecified atom stereocenters. The Kier molecular flexibility index (Phi) is 12.3. The Labute approximate surface area is 270 Å². The van der Waals surface area contributed by atoms with Crippen molar-refractivity contribution in [2.75, 3.05) is 39.2 Å². The molecule has 2 amide bonds. The number of ether oxygens (including phenoxy) is 2. The van der Waals surface area contributed by atoms with E-state index >= 15 is 0 Å². The van der Waals surface area contributed by atoms with Crippen LogP contribution in [0.1, 0.15) is 35.3 Å². The molecule has 46 heavy (non-hydrogen) atoms. The topological polar surface area (TPSA) is 91.3 Å². The van der Waals surface area contributed by atoms with Gasteiger partial charge in [0.1, 0.15) is 5.75 Å². The summed E-state index contributed by atoms with van der Waals surface area (Å²) in [5.41, 5.74) is 2.98. The van der Waals surface area contributed by atoms with Crippen molar-refractivity contribution in [2.45, 2.75) is 32.9 Å². The molecule has 0 fully saturated rings. The minimum atomic E-state index is -0.352. The second-order valence-electron chi connectivity index (χ2n) is 11.7. The lowest BCUT2D eigenvalue weighted by atomic mass is 10.0. The number of amides is 2. The molecule has 0 bridgehead atoms. The van der Waals surface area contributed by atoms with Crippen molar-refractivity contribution in [3.8, 4) is 17.2 Å². The molecule has 2 atom stereocenters. The molecule has 0 saturated carbocycles. The van der Waals surface area contributed by atoms with Crippen LogP contribution in [0.5, 0.6) is 17.2 Å². The lowest BCUT2D eigenvalue weighted by molar-refractivity contribution is -0.115. The van der Waals surface area contributed by atoms with Crippen LogP contribution < -0.4 is 14.8 Å². The van der Waals surface area contributed by atoms with Crippen molar-refractivity contribution in [2.24, 2.45) is 5.92 Å². The number of benzene rings is 4. The van der Waals surface area contributed by atoms with E-state index in [0.717, 1.165) is 12.1 Å². The molecule has 0 aromatic heterocycles. The monoisotopic (exact) mass is 627 g/mol. The van der Waals surface area contributed by atoms with Crippen LogP contribution in [0.3, 0.4) is 0 Å². The third-order valence-electron chi connectivity index (χ3n) is 7.29. The van der Waals surface area contributed by atoms with Gasteiger partial charge in [-0.25, -0.2) is 4.39 Å². The van der Waals surface area contributed by atoms with E-state index in [0.29, 0.717) is 35.9 Å². The average molecular weight is 628 g/mol. The van der Waals surface area contributed by atoms with E-state index in [1.165, 1.54) is 11.6 Å². The van der Waals surface area contributed by atoms with Gasteiger partial charge in [0.05, 0.1) is 36.9 Å². The highest BCUT2D eigenvalue weighted by atomic mass is 19.1. The van der Waals surface area contributed by atoms with Crippen LogP contribution in [0.25, 0.3) is 0 Å². The van der Waals surface area contributed by atoms with E-state index in [2.05, 4.69) is 10.2 Å². The van der Waals surface area contributed by atoms with Crippen LogP contribution >= 0.6 is 0 Å². The molecule has 0 aliphatic carbocycles. The molecule has 1 aliphatic rings.